The van der Waals surface area contributed by atoms with Crippen molar-refractivity contribution in [2.75, 3.05) is 13.2 Å². The minimum atomic E-state index is 0.0876. The molecular formula is C13H21NO2. The van der Waals surface area contributed by atoms with E-state index in [4.69, 9.17) is 4.74 Å². The quantitative estimate of drug-likeness (QED) is 0.629. The van der Waals surface area contributed by atoms with Crippen molar-refractivity contribution < 1.29 is 9.53 Å². The first-order chi connectivity index (χ1) is 7.82. The third-order valence-electron chi connectivity index (χ3n) is 4.57. The van der Waals surface area contributed by atoms with Crippen LogP contribution in [-0.4, -0.2) is 35.6 Å². The van der Waals surface area contributed by atoms with Crippen molar-refractivity contribution in [1.82, 2.24) is 4.90 Å². The number of hydrogen-bond acceptors (Lipinski definition) is 2. The van der Waals surface area contributed by atoms with Gasteiger partial charge in [0.2, 0.25) is 5.91 Å². The second-order valence-electron chi connectivity index (χ2n) is 5.58. The molecule has 3 aliphatic heterocycles. The molecule has 1 spiro atoms. The highest BCUT2D eigenvalue weighted by Crippen LogP contribution is 2.43. The van der Waals surface area contributed by atoms with Gasteiger partial charge in [0.05, 0.1) is 12.1 Å². The van der Waals surface area contributed by atoms with E-state index in [9.17, 15) is 4.79 Å². The van der Waals surface area contributed by atoms with Crippen LogP contribution >= 0.6 is 0 Å². The van der Waals surface area contributed by atoms with Gasteiger partial charge in [0, 0.05) is 19.1 Å². The van der Waals surface area contributed by atoms with Crippen molar-refractivity contribution in [3.63, 3.8) is 0 Å². The largest absolute Gasteiger partial charge is 0.379 e. The molecule has 3 heteroatoms. The SMILES string of the molecule is O=C1CCCC[C@H]2CC[C@@]3(CCCOC3)N12. The Hall–Kier alpha value is -0.570. The lowest BCUT2D eigenvalue weighted by Crippen LogP contribution is -2.54. The molecule has 3 aliphatic rings. The first kappa shape index (κ1) is 10.6. The molecular weight excluding hydrogens is 202 g/mol. The summed E-state index contributed by atoms with van der Waals surface area (Å²) in [5.41, 5.74) is 0.0876. The molecule has 0 aromatic heterocycles. The van der Waals surface area contributed by atoms with E-state index in [1.165, 1.54) is 25.7 Å². The van der Waals surface area contributed by atoms with Gasteiger partial charge in [-0.25, -0.2) is 0 Å². The molecule has 0 bridgehead atoms. The summed E-state index contributed by atoms with van der Waals surface area (Å²) in [6, 6.07) is 0.525. The average Bonchev–Trinajstić information content (AvgIpc) is 2.52. The van der Waals surface area contributed by atoms with Gasteiger partial charge in [-0.2, -0.15) is 0 Å². The lowest BCUT2D eigenvalue weighted by Gasteiger charge is -2.43. The second kappa shape index (κ2) is 4.02. The number of amides is 1. The van der Waals surface area contributed by atoms with Gasteiger partial charge in [0.1, 0.15) is 0 Å². The van der Waals surface area contributed by atoms with Crippen molar-refractivity contribution in [3.8, 4) is 0 Å². The summed E-state index contributed by atoms with van der Waals surface area (Å²) >= 11 is 0. The van der Waals surface area contributed by atoms with E-state index >= 15 is 0 Å². The number of ether oxygens (including phenoxy) is 1. The van der Waals surface area contributed by atoms with E-state index < -0.39 is 0 Å². The fourth-order valence-corrected chi connectivity index (χ4v) is 3.82. The van der Waals surface area contributed by atoms with Crippen LogP contribution in [0.1, 0.15) is 51.4 Å². The highest BCUT2D eigenvalue weighted by molar-refractivity contribution is 5.78. The summed E-state index contributed by atoms with van der Waals surface area (Å²) in [7, 11) is 0. The molecule has 0 unspecified atom stereocenters. The molecule has 3 heterocycles. The molecule has 3 nitrogen and oxygen atoms in total. The molecule has 3 fully saturated rings. The van der Waals surface area contributed by atoms with Crippen LogP contribution in [0.5, 0.6) is 0 Å². The van der Waals surface area contributed by atoms with Crippen LogP contribution in [0.25, 0.3) is 0 Å². The Kier molecular flexibility index (Phi) is 2.66. The maximum atomic E-state index is 12.2. The molecule has 90 valence electrons. The first-order valence-corrected chi connectivity index (χ1v) is 6.72. The number of carbonyl (C=O) groups excluding carboxylic acids is 1. The van der Waals surface area contributed by atoms with Crippen molar-refractivity contribution in [3.05, 3.63) is 0 Å². The zero-order valence-electron chi connectivity index (χ0n) is 9.91. The van der Waals surface area contributed by atoms with Crippen LogP contribution in [0, 0.1) is 0 Å². The Morgan fingerprint density at radius 2 is 2.12 bits per heavy atom. The summed E-state index contributed by atoms with van der Waals surface area (Å²) in [6.45, 7) is 1.67. The van der Waals surface area contributed by atoms with Crippen molar-refractivity contribution in [2.45, 2.75) is 62.9 Å². The van der Waals surface area contributed by atoms with E-state index in [-0.39, 0.29) is 5.54 Å². The van der Waals surface area contributed by atoms with Crippen LogP contribution < -0.4 is 0 Å². The van der Waals surface area contributed by atoms with Gasteiger partial charge < -0.3 is 9.64 Å². The molecule has 3 saturated heterocycles. The Morgan fingerprint density at radius 3 is 2.94 bits per heavy atom. The van der Waals surface area contributed by atoms with Gasteiger partial charge in [-0.05, 0) is 38.5 Å². The third-order valence-corrected chi connectivity index (χ3v) is 4.57. The van der Waals surface area contributed by atoms with Gasteiger partial charge in [0.25, 0.3) is 0 Å². The van der Waals surface area contributed by atoms with Gasteiger partial charge in [-0.15, -0.1) is 0 Å². The highest BCUT2D eigenvalue weighted by Gasteiger charge is 2.49. The number of hydrogen-bond donors (Lipinski definition) is 0. The Balaban J connectivity index is 1.86. The van der Waals surface area contributed by atoms with Crippen molar-refractivity contribution in [2.24, 2.45) is 0 Å². The molecule has 0 saturated carbocycles. The van der Waals surface area contributed by atoms with Crippen LogP contribution in [0.3, 0.4) is 0 Å². The van der Waals surface area contributed by atoms with E-state index in [0.717, 1.165) is 38.9 Å². The fourth-order valence-electron chi connectivity index (χ4n) is 3.82. The van der Waals surface area contributed by atoms with Gasteiger partial charge in [-0.3, -0.25) is 4.79 Å². The Morgan fingerprint density at radius 1 is 1.19 bits per heavy atom. The number of rotatable bonds is 0. The van der Waals surface area contributed by atoms with Gasteiger partial charge in [-0.1, -0.05) is 6.42 Å². The number of nitrogens with zero attached hydrogens (tertiary/aromatic N) is 1. The lowest BCUT2D eigenvalue weighted by atomic mass is 9.89. The average molecular weight is 223 g/mol. The molecule has 16 heavy (non-hydrogen) atoms. The first-order valence-electron chi connectivity index (χ1n) is 6.72. The molecule has 0 aromatic rings. The van der Waals surface area contributed by atoms with Crippen molar-refractivity contribution in [1.29, 1.82) is 0 Å². The molecule has 2 atom stereocenters. The molecule has 0 aromatic carbocycles. The highest BCUT2D eigenvalue weighted by atomic mass is 16.5. The minimum Gasteiger partial charge on any atom is -0.379 e. The zero-order chi connectivity index (χ0) is 11.0. The second-order valence-corrected chi connectivity index (χ2v) is 5.58. The van der Waals surface area contributed by atoms with E-state index in [1.54, 1.807) is 0 Å². The molecule has 0 aliphatic carbocycles. The maximum Gasteiger partial charge on any atom is 0.223 e. The third kappa shape index (κ3) is 1.56. The Labute approximate surface area is 97.1 Å². The number of carbonyl (C=O) groups is 1. The topological polar surface area (TPSA) is 29.5 Å². The molecule has 3 rings (SSSR count). The van der Waals surface area contributed by atoms with E-state index in [2.05, 4.69) is 4.90 Å². The normalized spacial score (nSPS) is 39.9. The van der Waals surface area contributed by atoms with E-state index in [1.807, 2.05) is 0 Å². The summed E-state index contributed by atoms with van der Waals surface area (Å²) in [5.74, 6) is 0.394. The summed E-state index contributed by atoms with van der Waals surface area (Å²) in [6.07, 6.45) is 8.95. The molecule has 0 N–H and O–H groups in total. The summed E-state index contributed by atoms with van der Waals surface area (Å²) < 4.78 is 5.65. The van der Waals surface area contributed by atoms with Crippen LogP contribution in [0.4, 0.5) is 0 Å². The minimum absolute atomic E-state index is 0.0876. The Bertz CT molecular complexity index is 284. The maximum absolute atomic E-state index is 12.2. The van der Waals surface area contributed by atoms with Crippen LogP contribution in [0.2, 0.25) is 0 Å². The predicted octanol–water partition coefficient (Wildman–Crippen LogP) is 2.10. The summed E-state index contributed by atoms with van der Waals surface area (Å²) in [4.78, 5) is 14.5. The van der Waals surface area contributed by atoms with Crippen molar-refractivity contribution >= 4 is 5.91 Å². The van der Waals surface area contributed by atoms with E-state index in [0.29, 0.717) is 11.9 Å². The molecule has 0 radical (unpaired) electrons. The monoisotopic (exact) mass is 223 g/mol. The van der Waals surface area contributed by atoms with Gasteiger partial charge >= 0.3 is 0 Å². The lowest BCUT2D eigenvalue weighted by molar-refractivity contribution is -0.142. The predicted molar refractivity (Wildman–Crippen MR) is 61.1 cm³/mol. The van der Waals surface area contributed by atoms with Gasteiger partial charge in [0.15, 0.2) is 0 Å². The van der Waals surface area contributed by atoms with Crippen LogP contribution in [0.15, 0.2) is 0 Å². The van der Waals surface area contributed by atoms with Crippen LogP contribution in [-0.2, 0) is 9.53 Å². The number of fused-ring (bicyclic) bond motifs is 2. The fraction of sp³-hybridized carbons (Fsp3) is 0.923. The standard InChI is InChI=1S/C13H21NO2/c15-12-5-2-1-4-11-6-8-13(14(11)12)7-3-9-16-10-13/h11H,1-10H2/t11-,13+/m0/s1. The molecule has 1 amide bonds. The zero-order valence-corrected chi connectivity index (χ0v) is 9.91. The summed E-state index contributed by atoms with van der Waals surface area (Å²) in [5, 5.41) is 0. The smallest absolute Gasteiger partial charge is 0.223 e.